The van der Waals surface area contributed by atoms with E-state index in [1.165, 1.54) is 0 Å². The van der Waals surface area contributed by atoms with Gasteiger partial charge in [0.25, 0.3) is 0 Å². The van der Waals surface area contributed by atoms with E-state index in [9.17, 15) is 9.59 Å². The number of benzene rings is 2. The quantitative estimate of drug-likeness (QED) is 0.506. The number of nitrogens with zero attached hydrogens (tertiary/aromatic N) is 2. The number of nitrogens with two attached hydrogens (primary N) is 2. The summed E-state index contributed by atoms with van der Waals surface area (Å²) >= 11 is 0. The molecule has 0 saturated heterocycles. The van der Waals surface area contributed by atoms with Crippen LogP contribution in [0.1, 0.15) is 52.7 Å². The van der Waals surface area contributed by atoms with Gasteiger partial charge < -0.3 is 30.7 Å². The molecule has 8 nitrogen and oxygen atoms in total. The van der Waals surface area contributed by atoms with Crippen LogP contribution in [0.5, 0.6) is 0 Å². The molecule has 0 saturated carbocycles. The highest BCUT2D eigenvalue weighted by molar-refractivity contribution is 5.69. The Bertz CT molecular complexity index is 961. The molecule has 0 aliphatic heterocycles. The van der Waals surface area contributed by atoms with Crippen LogP contribution in [0.4, 0.5) is 21.0 Å². The van der Waals surface area contributed by atoms with Gasteiger partial charge in [-0.25, -0.2) is 9.59 Å². The predicted octanol–water partition coefficient (Wildman–Crippen LogP) is 5.07. The lowest BCUT2D eigenvalue weighted by Crippen LogP contribution is -2.44. The number of ether oxygens (including phenoxy) is 2. The third-order valence-electron chi connectivity index (χ3n) is 4.95. The number of hydrogen-bond donors (Lipinski definition) is 2. The molecular formula is C27H40N4O4. The van der Waals surface area contributed by atoms with Crippen molar-refractivity contribution in [2.24, 2.45) is 0 Å². The lowest BCUT2D eigenvalue weighted by Gasteiger charge is -2.31. The fourth-order valence-electron chi connectivity index (χ4n) is 3.22. The minimum atomic E-state index is -0.642. The van der Waals surface area contributed by atoms with Crippen molar-refractivity contribution in [2.75, 3.05) is 31.1 Å². The lowest BCUT2D eigenvalue weighted by atomic mass is 10.1. The van der Waals surface area contributed by atoms with Crippen LogP contribution in [0.25, 0.3) is 0 Å². The maximum Gasteiger partial charge on any atom is 0.410 e. The van der Waals surface area contributed by atoms with Crippen LogP contribution in [-0.4, -0.2) is 52.8 Å². The van der Waals surface area contributed by atoms with E-state index >= 15 is 0 Å². The van der Waals surface area contributed by atoms with Crippen LogP contribution in [0.3, 0.4) is 0 Å². The van der Waals surface area contributed by atoms with Crippen molar-refractivity contribution in [1.82, 2.24) is 9.80 Å². The van der Waals surface area contributed by atoms with E-state index < -0.39 is 23.4 Å². The molecule has 0 heterocycles. The van der Waals surface area contributed by atoms with Gasteiger partial charge in [-0.15, -0.1) is 0 Å². The standard InChI is InChI=1S/C27H40N4O4/c1-26(2,3)34-24(32)30(16-15-20-7-11-22(28)12-8-20)17-18-31(25(33)35-27(4,5)6)19-21-9-13-23(29)14-10-21/h7-14H,15-19,28-29H2,1-6H3. The summed E-state index contributed by atoms with van der Waals surface area (Å²) in [6, 6.07) is 14.9. The Kier molecular flexibility index (Phi) is 9.40. The van der Waals surface area contributed by atoms with Crippen molar-refractivity contribution in [3.8, 4) is 0 Å². The Balaban J connectivity index is 2.17. The van der Waals surface area contributed by atoms with Crippen molar-refractivity contribution in [1.29, 1.82) is 0 Å². The molecule has 2 rings (SSSR count). The molecule has 192 valence electrons. The van der Waals surface area contributed by atoms with Crippen LogP contribution in [0.2, 0.25) is 0 Å². The molecule has 8 heteroatoms. The van der Waals surface area contributed by atoms with Gasteiger partial charge in [0.1, 0.15) is 11.2 Å². The van der Waals surface area contributed by atoms with Gasteiger partial charge in [-0.3, -0.25) is 0 Å². The first-order valence-electron chi connectivity index (χ1n) is 11.9. The molecule has 35 heavy (non-hydrogen) atoms. The average Bonchev–Trinajstić information content (AvgIpc) is 2.73. The third-order valence-corrected chi connectivity index (χ3v) is 4.95. The summed E-state index contributed by atoms with van der Waals surface area (Å²) in [5.41, 5.74) is 13.6. The van der Waals surface area contributed by atoms with Crippen LogP contribution in [0.15, 0.2) is 48.5 Å². The molecule has 0 aliphatic rings. The third kappa shape index (κ3) is 10.6. The number of nitrogen functional groups attached to an aromatic ring is 2. The van der Waals surface area contributed by atoms with E-state index in [1.807, 2.05) is 77.9 Å². The molecule has 2 aromatic carbocycles. The van der Waals surface area contributed by atoms with E-state index in [0.717, 1.165) is 11.1 Å². The maximum atomic E-state index is 13.0. The van der Waals surface area contributed by atoms with Crippen LogP contribution in [0, 0.1) is 0 Å². The zero-order valence-electron chi connectivity index (χ0n) is 21.8. The fourth-order valence-corrected chi connectivity index (χ4v) is 3.22. The van der Waals surface area contributed by atoms with Gasteiger partial charge >= 0.3 is 12.2 Å². The first kappa shape index (κ1) is 27.8. The van der Waals surface area contributed by atoms with Crippen LogP contribution < -0.4 is 11.5 Å². The van der Waals surface area contributed by atoms with E-state index in [-0.39, 0.29) is 13.1 Å². The molecule has 0 radical (unpaired) electrons. The summed E-state index contributed by atoms with van der Waals surface area (Å²) in [5, 5.41) is 0. The molecule has 0 aliphatic carbocycles. The van der Waals surface area contributed by atoms with Gasteiger partial charge in [0.15, 0.2) is 0 Å². The van der Waals surface area contributed by atoms with E-state index in [2.05, 4.69) is 0 Å². The predicted molar refractivity (Wildman–Crippen MR) is 140 cm³/mol. The molecule has 0 bridgehead atoms. The Morgan fingerprint density at radius 2 is 1.06 bits per heavy atom. The molecule has 0 aromatic heterocycles. The molecular weight excluding hydrogens is 444 g/mol. The second-order valence-corrected chi connectivity index (χ2v) is 10.6. The van der Waals surface area contributed by atoms with E-state index in [4.69, 9.17) is 20.9 Å². The van der Waals surface area contributed by atoms with Crippen LogP contribution in [-0.2, 0) is 22.4 Å². The summed E-state index contributed by atoms with van der Waals surface area (Å²) in [4.78, 5) is 29.2. The van der Waals surface area contributed by atoms with Gasteiger partial charge in [-0.05, 0) is 83.4 Å². The normalized spacial score (nSPS) is 11.6. The highest BCUT2D eigenvalue weighted by Crippen LogP contribution is 2.16. The number of carbonyl (C=O) groups excluding carboxylic acids is 2. The van der Waals surface area contributed by atoms with Gasteiger partial charge in [0, 0.05) is 37.6 Å². The first-order chi connectivity index (χ1) is 16.2. The highest BCUT2D eigenvalue weighted by atomic mass is 16.6. The molecule has 0 atom stereocenters. The molecule has 0 spiro atoms. The Morgan fingerprint density at radius 3 is 1.51 bits per heavy atom. The number of anilines is 2. The summed E-state index contributed by atoms with van der Waals surface area (Å²) in [6.45, 7) is 12.3. The van der Waals surface area contributed by atoms with Gasteiger partial charge in [-0.1, -0.05) is 24.3 Å². The fraction of sp³-hybridized carbons (Fsp3) is 0.481. The van der Waals surface area contributed by atoms with Crippen molar-refractivity contribution < 1.29 is 19.1 Å². The monoisotopic (exact) mass is 484 g/mol. The Hall–Kier alpha value is -3.42. The molecule has 0 unspecified atom stereocenters. The summed E-state index contributed by atoms with van der Waals surface area (Å²) < 4.78 is 11.3. The Morgan fingerprint density at radius 1 is 0.657 bits per heavy atom. The lowest BCUT2D eigenvalue weighted by molar-refractivity contribution is 0.0125. The largest absolute Gasteiger partial charge is 0.444 e. The molecule has 2 aromatic rings. The minimum absolute atomic E-state index is 0.278. The molecule has 2 amide bonds. The van der Waals surface area contributed by atoms with Crippen molar-refractivity contribution in [3.05, 3.63) is 59.7 Å². The highest BCUT2D eigenvalue weighted by Gasteiger charge is 2.26. The number of hydrogen-bond acceptors (Lipinski definition) is 6. The van der Waals surface area contributed by atoms with Gasteiger partial charge in [0.05, 0.1) is 0 Å². The SMILES string of the molecule is CC(C)(C)OC(=O)N(CCc1ccc(N)cc1)CCN(Cc1ccc(N)cc1)C(=O)OC(C)(C)C. The summed E-state index contributed by atoms with van der Waals surface area (Å²) in [5.74, 6) is 0. The topological polar surface area (TPSA) is 111 Å². The zero-order chi connectivity index (χ0) is 26.2. The zero-order valence-corrected chi connectivity index (χ0v) is 21.8. The van der Waals surface area contributed by atoms with Gasteiger partial charge in [0.2, 0.25) is 0 Å². The molecule has 0 fully saturated rings. The minimum Gasteiger partial charge on any atom is -0.444 e. The Labute approximate surface area is 209 Å². The molecule has 4 N–H and O–H groups in total. The second kappa shape index (κ2) is 11.8. The maximum absolute atomic E-state index is 13.0. The summed E-state index contributed by atoms with van der Waals surface area (Å²) in [7, 11) is 0. The number of amides is 2. The van der Waals surface area contributed by atoms with Crippen molar-refractivity contribution in [2.45, 2.75) is 65.7 Å². The van der Waals surface area contributed by atoms with E-state index in [1.54, 1.807) is 21.9 Å². The second-order valence-electron chi connectivity index (χ2n) is 10.6. The smallest absolute Gasteiger partial charge is 0.410 e. The van der Waals surface area contributed by atoms with Gasteiger partial charge in [-0.2, -0.15) is 0 Å². The van der Waals surface area contributed by atoms with Crippen LogP contribution >= 0.6 is 0 Å². The average molecular weight is 485 g/mol. The first-order valence-corrected chi connectivity index (χ1v) is 11.9. The van der Waals surface area contributed by atoms with E-state index in [0.29, 0.717) is 30.9 Å². The number of rotatable bonds is 8. The summed E-state index contributed by atoms with van der Waals surface area (Å²) in [6.07, 6.45) is -0.245. The van der Waals surface area contributed by atoms with Crippen molar-refractivity contribution >= 4 is 23.6 Å². The van der Waals surface area contributed by atoms with Crippen molar-refractivity contribution in [3.63, 3.8) is 0 Å². The number of carbonyl (C=O) groups is 2.